The lowest BCUT2D eigenvalue weighted by Gasteiger charge is -2.07. The molecule has 1 aromatic rings. The quantitative estimate of drug-likeness (QED) is 0.808. The molecule has 2 N–H and O–H groups in total. The first-order valence-electron chi connectivity index (χ1n) is 4.50. The van der Waals surface area contributed by atoms with E-state index in [-0.39, 0.29) is 29.8 Å². The summed E-state index contributed by atoms with van der Waals surface area (Å²) < 4.78 is 26.1. The third-order valence-electron chi connectivity index (χ3n) is 2.06. The number of hydrogen-bond donors (Lipinski definition) is 2. The lowest BCUT2D eigenvalue weighted by molar-refractivity contribution is -0.137. The van der Waals surface area contributed by atoms with Crippen LogP contribution >= 0.6 is 11.6 Å². The summed E-state index contributed by atoms with van der Waals surface area (Å²) in [6.07, 6.45) is -0.173. The molecule has 0 radical (unpaired) electrons. The van der Waals surface area contributed by atoms with Crippen molar-refractivity contribution >= 4 is 17.6 Å². The van der Waals surface area contributed by atoms with Gasteiger partial charge in [0.05, 0.1) is 5.02 Å². The molecule has 0 heterocycles. The predicted molar refractivity (Wildman–Crippen MR) is 53.6 cm³/mol. The minimum Gasteiger partial charge on any atom is -0.506 e. The van der Waals surface area contributed by atoms with E-state index in [1.165, 1.54) is 0 Å². The molecular weight excluding hydrogens is 242 g/mol. The molecule has 0 saturated carbocycles. The standard InChI is InChI=1S/C10H9ClF2O3/c11-6-4-7(12)9(13)5(10(6)16)2-1-3-8(14)15/h4,16H,1-3H2,(H,14,15). The van der Waals surface area contributed by atoms with E-state index in [9.17, 15) is 18.7 Å². The zero-order valence-electron chi connectivity index (χ0n) is 8.14. The number of hydrogen-bond acceptors (Lipinski definition) is 2. The van der Waals surface area contributed by atoms with Crippen molar-refractivity contribution in [3.05, 3.63) is 28.3 Å². The Hall–Kier alpha value is -1.36. The van der Waals surface area contributed by atoms with E-state index in [0.717, 1.165) is 0 Å². The van der Waals surface area contributed by atoms with E-state index >= 15 is 0 Å². The van der Waals surface area contributed by atoms with Gasteiger partial charge in [-0.05, 0) is 18.9 Å². The van der Waals surface area contributed by atoms with Crippen LogP contribution in [0.25, 0.3) is 0 Å². The summed E-state index contributed by atoms with van der Waals surface area (Å²) >= 11 is 5.46. The molecule has 16 heavy (non-hydrogen) atoms. The lowest BCUT2D eigenvalue weighted by atomic mass is 10.1. The molecule has 0 aliphatic rings. The second kappa shape index (κ2) is 5.12. The largest absolute Gasteiger partial charge is 0.506 e. The van der Waals surface area contributed by atoms with Gasteiger partial charge in [-0.25, -0.2) is 8.78 Å². The summed E-state index contributed by atoms with van der Waals surface area (Å²) in [6.45, 7) is 0. The molecule has 1 aromatic carbocycles. The molecule has 88 valence electrons. The molecule has 0 saturated heterocycles. The molecule has 0 fully saturated rings. The molecule has 0 amide bonds. The summed E-state index contributed by atoms with van der Waals surface area (Å²) in [5.41, 5.74) is -0.286. The molecule has 0 aromatic heterocycles. The van der Waals surface area contributed by atoms with Crippen LogP contribution in [0.5, 0.6) is 5.75 Å². The monoisotopic (exact) mass is 250 g/mol. The van der Waals surface area contributed by atoms with Crippen LogP contribution in [0.3, 0.4) is 0 Å². The van der Waals surface area contributed by atoms with Gasteiger partial charge >= 0.3 is 5.97 Å². The maximum atomic E-state index is 13.2. The number of aromatic hydroxyl groups is 1. The van der Waals surface area contributed by atoms with Gasteiger partial charge in [-0.2, -0.15) is 0 Å². The van der Waals surface area contributed by atoms with Crippen molar-refractivity contribution in [2.24, 2.45) is 0 Å². The molecule has 0 aliphatic heterocycles. The molecule has 1 rings (SSSR count). The van der Waals surface area contributed by atoms with E-state index in [2.05, 4.69) is 0 Å². The number of halogens is 3. The van der Waals surface area contributed by atoms with Crippen LogP contribution in [-0.2, 0) is 11.2 Å². The topological polar surface area (TPSA) is 57.5 Å². The SMILES string of the molecule is O=C(O)CCCc1c(O)c(Cl)cc(F)c1F. The third kappa shape index (κ3) is 2.82. The van der Waals surface area contributed by atoms with E-state index in [4.69, 9.17) is 16.7 Å². The summed E-state index contributed by atoms with van der Waals surface area (Å²) in [7, 11) is 0. The van der Waals surface area contributed by atoms with Crippen molar-refractivity contribution in [1.82, 2.24) is 0 Å². The Kier molecular flexibility index (Phi) is 4.06. The van der Waals surface area contributed by atoms with Crippen molar-refractivity contribution in [3.8, 4) is 5.75 Å². The summed E-state index contributed by atoms with van der Waals surface area (Å²) in [5, 5.41) is 17.5. The average Bonchev–Trinajstić information content (AvgIpc) is 2.20. The highest BCUT2D eigenvalue weighted by Crippen LogP contribution is 2.32. The Bertz CT molecular complexity index is 395. The van der Waals surface area contributed by atoms with Crippen molar-refractivity contribution in [1.29, 1.82) is 0 Å². The molecule has 0 spiro atoms. The number of phenols is 1. The van der Waals surface area contributed by atoms with Crippen molar-refractivity contribution < 1.29 is 23.8 Å². The highest BCUT2D eigenvalue weighted by Gasteiger charge is 2.17. The fourth-order valence-corrected chi connectivity index (χ4v) is 1.49. The van der Waals surface area contributed by atoms with Crippen molar-refractivity contribution in [3.63, 3.8) is 0 Å². The zero-order valence-corrected chi connectivity index (χ0v) is 8.89. The van der Waals surface area contributed by atoms with Crippen LogP contribution < -0.4 is 0 Å². The van der Waals surface area contributed by atoms with Crippen LogP contribution in [0.1, 0.15) is 18.4 Å². The Balaban J connectivity index is 2.90. The number of phenolic OH excluding ortho intramolecular Hbond substituents is 1. The number of rotatable bonds is 4. The Labute approximate surface area is 95.3 Å². The van der Waals surface area contributed by atoms with Gasteiger partial charge in [-0.3, -0.25) is 4.79 Å². The smallest absolute Gasteiger partial charge is 0.303 e. The molecule has 0 aliphatic carbocycles. The Morgan fingerprint density at radius 2 is 2.06 bits per heavy atom. The van der Waals surface area contributed by atoms with Gasteiger partial charge in [0, 0.05) is 12.0 Å². The Morgan fingerprint density at radius 3 is 2.62 bits per heavy atom. The molecule has 0 atom stereocenters. The number of carboxylic acid groups (broad SMARTS) is 1. The van der Waals surface area contributed by atoms with Gasteiger partial charge in [0.25, 0.3) is 0 Å². The van der Waals surface area contributed by atoms with Gasteiger partial charge in [-0.1, -0.05) is 11.6 Å². The van der Waals surface area contributed by atoms with Crippen LogP contribution in [0.4, 0.5) is 8.78 Å². The summed E-state index contributed by atoms with van der Waals surface area (Å²) in [4.78, 5) is 10.2. The van der Waals surface area contributed by atoms with Gasteiger partial charge in [0.1, 0.15) is 5.75 Å². The zero-order chi connectivity index (χ0) is 12.3. The fourth-order valence-electron chi connectivity index (χ4n) is 1.28. The van der Waals surface area contributed by atoms with Crippen LogP contribution in [0.2, 0.25) is 5.02 Å². The van der Waals surface area contributed by atoms with Gasteiger partial charge < -0.3 is 10.2 Å². The number of carboxylic acids is 1. The normalized spacial score (nSPS) is 10.4. The molecule has 0 unspecified atom stereocenters. The first kappa shape index (κ1) is 12.7. The first-order valence-corrected chi connectivity index (χ1v) is 4.88. The summed E-state index contributed by atoms with van der Waals surface area (Å²) in [6, 6.07) is 0.674. The highest BCUT2D eigenvalue weighted by atomic mass is 35.5. The third-order valence-corrected chi connectivity index (χ3v) is 2.35. The fraction of sp³-hybridized carbons (Fsp3) is 0.300. The first-order chi connectivity index (χ1) is 7.43. The van der Waals surface area contributed by atoms with Gasteiger partial charge in [0.15, 0.2) is 11.6 Å². The molecule has 3 nitrogen and oxygen atoms in total. The molecular formula is C10H9ClF2O3. The number of carbonyl (C=O) groups is 1. The van der Waals surface area contributed by atoms with Crippen molar-refractivity contribution in [2.75, 3.05) is 0 Å². The predicted octanol–water partition coefficient (Wildman–Crippen LogP) is 2.73. The van der Waals surface area contributed by atoms with Gasteiger partial charge in [0.2, 0.25) is 0 Å². The average molecular weight is 251 g/mol. The van der Waals surface area contributed by atoms with Crippen LogP contribution in [-0.4, -0.2) is 16.2 Å². The van der Waals surface area contributed by atoms with E-state index in [1.807, 2.05) is 0 Å². The molecule has 0 bridgehead atoms. The van der Waals surface area contributed by atoms with Crippen LogP contribution in [0, 0.1) is 11.6 Å². The minimum atomic E-state index is -1.19. The minimum absolute atomic E-state index is 0.0819. The molecule has 6 heteroatoms. The number of aliphatic carboxylic acids is 1. The van der Waals surface area contributed by atoms with Crippen molar-refractivity contribution in [2.45, 2.75) is 19.3 Å². The van der Waals surface area contributed by atoms with E-state index < -0.39 is 23.4 Å². The second-order valence-electron chi connectivity index (χ2n) is 3.23. The second-order valence-corrected chi connectivity index (χ2v) is 3.64. The lowest BCUT2D eigenvalue weighted by Crippen LogP contribution is -2.00. The Morgan fingerprint density at radius 1 is 1.44 bits per heavy atom. The van der Waals surface area contributed by atoms with Crippen LogP contribution in [0.15, 0.2) is 6.07 Å². The highest BCUT2D eigenvalue weighted by molar-refractivity contribution is 6.32. The maximum absolute atomic E-state index is 13.2. The maximum Gasteiger partial charge on any atom is 0.303 e. The van der Waals surface area contributed by atoms with Gasteiger partial charge in [-0.15, -0.1) is 0 Å². The van der Waals surface area contributed by atoms with E-state index in [0.29, 0.717) is 6.07 Å². The van der Waals surface area contributed by atoms with E-state index in [1.54, 1.807) is 0 Å². The number of benzene rings is 1. The summed E-state index contributed by atoms with van der Waals surface area (Å²) in [5.74, 6) is -3.92.